The monoisotopic (exact) mass is 516 g/mol. The lowest BCUT2D eigenvalue weighted by atomic mass is 10.1. The summed E-state index contributed by atoms with van der Waals surface area (Å²) >= 11 is 1.56. The lowest BCUT2D eigenvalue weighted by Gasteiger charge is -2.28. The first-order chi connectivity index (χ1) is 16.5. The molecule has 1 amide bonds. The van der Waals surface area contributed by atoms with E-state index < -0.39 is 10.0 Å². The lowest BCUT2D eigenvalue weighted by molar-refractivity contribution is -0.132. The molecular formula is C27H33FN2O3S2. The first-order valence-corrected chi connectivity index (χ1v) is 14.0. The van der Waals surface area contributed by atoms with E-state index in [2.05, 4.69) is 0 Å². The molecule has 0 spiro atoms. The van der Waals surface area contributed by atoms with Crippen molar-refractivity contribution >= 4 is 27.3 Å². The quantitative estimate of drug-likeness (QED) is 0.345. The van der Waals surface area contributed by atoms with Gasteiger partial charge in [0.15, 0.2) is 0 Å². The number of thiophene rings is 1. The molecule has 0 radical (unpaired) electrons. The molecule has 0 atom stereocenters. The van der Waals surface area contributed by atoms with E-state index in [0.29, 0.717) is 24.1 Å². The SMILES string of the molecule is CCCN(CC(=O)N(Cc1ccc(F)cc1)Cc1sccc1C)S(=O)(=O)c1c(C)cc(C)cc1C. The largest absolute Gasteiger partial charge is 0.332 e. The Morgan fingerprint density at radius 2 is 1.57 bits per heavy atom. The fourth-order valence-electron chi connectivity index (χ4n) is 4.27. The standard InChI is InChI=1S/C27H33FN2O3S2/c1-6-12-30(35(32,33)27-21(4)14-19(2)15-22(27)5)18-26(31)29(17-25-20(3)11-13-34-25)16-23-7-9-24(28)10-8-23/h7-11,13-15H,6,12,16-18H2,1-5H3. The number of nitrogens with zero attached hydrogens (tertiary/aromatic N) is 2. The van der Waals surface area contributed by atoms with Gasteiger partial charge in [0.05, 0.1) is 18.0 Å². The molecule has 5 nitrogen and oxygen atoms in total. The molecule has 1 aromatic heterocycles. The maximum Gasteiger partial charge on any atom is 0.244 e. The summed E-state index contributed by atoms with van der Waals surface area (Å²) < 4.78 is 42.2. The van der Waals surface area contributed by atoms with Crippen LogP contribution in [0.15, 0.2) is 52.7 Å². The molecule has 0 unspecified atom stereocenters. The Balaban J connectivity index is 1.93. The van der Waals surface area contributed by atoms with Crippen LogP contribution >= 0.6 is 11.3 Å². The van der Waals surface area contributed by atoms with E-state index in [9.17, 15) is 17.6 Å². The minimum atomic E-state index is -3.88. The predicted molar refractivity (Wildman–Crippen MR) is 139 cm³/mol. The third kappa shape index (κ3) is 6.57. The van der Waals surface area contributed by atoms with Crippen molar-refractivity contribution in [3.63, 3.8) is 0 Å². The van der Waals surface area contributed by atoms with Gasteiger partial charge in [-0.1, -0.05) is 36.8 Å². The van der Waals surface area contributed by atoms with Gasteiger partial charge in [-0.3, -0.25) is 4.79 Å². The third-order valence-corrected chi connectivity index (χ3v) is 9.09. The Hall–Kier alpha value is -2.55. The number of hydrogen-bond acceptors (Lipinski definition) is 4. The number of carbonyl (C=O) groups is 1. The van der Waals surface area contributed by atoms with E-state index in [4.69, 9.17) is 0 Å². The summed E-state index contributed by atoms with van der Waals surface area (Å²) in [6.07, 6.45) is 0.582. The molecule has 35 heavy (non-hydrogen) atoms. The molecule has 2 aromatic carbocycles. The average Bonchev–Trinajstić information content (AvgIpc) is 3.17. The molecule has 0 saturated carbocycles. The number of rotatable bonds is 10. The van der Waals surface area contributed by atoms with Gasteiger partial charge in [-0.05, 0) is 79.9 Å². The summed E-state index contributed by atoms with van der Waals surface area (Å²) in [6.45, 7) is 10.0. The van der Waals surface area contributed by atoms with Crippen molar-refractivity contribution in [3.05, 3.63) is 86.4 Å². The number of carbonyl (C=O) groups excluding carboxylic acids is 1. The van der Waals surface area contributed by atoms with Crippen LogP contribution in [0, 0.1) is 33.5 Å². The topological polar surface area (TPSA) is 57.7 Å². The van der Waals surface area contributed by atoms with Crippen LogP contribution in [0.3, 0.4) is 0 Å². The molecule has 8 heteroatoms. The maximum absolute atomic E-state index is 13.7. The average molecular weight is 517 g/mol. The Morgan fingerprint density at radius 3 is 2.11 bits per heavy atom. The highest BCUT2D eigenvalue weighted by atomic mass is 32.2. The summed E-state index contributed by atoms with van der Waals surface area (Å²) in [5.41, 5.74) is 4.20. The first kappa shape index (κ1) is 27.0. The number of halogens is 1. The Bertz CT molecular complexity index is 1260. The van der Waals surface area contributed by atoms with E-state index >= 15 is 0 Å². The predicted octanol–water partition coefficient (Wildman–Crippen LogP) is 5.75. The highest BCUT2D eigenvalue weighted by Crippen LogP contribution is 2.26. The van der Waals surface area contributed by atoms with Crippen LogP contribution in [0.1, 0.15) is 46.0 Å². The Morgan fingerprint density at radius 1 is 0.943 bits per heavy atom. The number of aryl methyl sites for hydroxylation is 4. The smallest absolute Gasteiger partial charge is 0.244 e. The van der Waals surface area contributed by atoms with Crippen LogP contribution in [0.5, 0.6) is 0 Å². The minimum absolute atomic E-state index is 0.239. The summed E-state index contributed by atoms with van der Waals surface area (Å²) in [6, 6.07) is 11.7. The van der Waals surface area contributed by atoms with Gasteiger partial charge >= 0.3 is 0 Å². The van der Waals surface area contributed by atoms with Gasteiger partial charge in [0.1, 0.15) is 5.82 Å². The highest BCUT2D eigenvalue weighted by molar-refractivity contribution is 7.89. The summed E-state index contributed by atoms with van der Waals surface area (Å²) in [7, 11) is -3.88. The van der Waals surface area contributed by atoms with Gasteiger partial charge in [0, 0.05) is 18.0 Å². The van der Waals surface area contributed by atoms with Crippen molar-refractivity contribution in [1.29, 1.82) is 0 Å². The molecule has 0 bridgehead atoms. The normalized spacial score (nSPS) is 11.7. The summed E-state index contributed by atoms with van der Waals surface area (Å²) in [5, 5.41) is 1.97. The second-order valence-corrected chi connectivity index (χ2v) is 11.8. The van der Waals surface area contributed by atoms with E-state index in [1.54, 1.807) is 42.2 Å². The van der Waals surface area contributed by atoms with Gasteiger partial charge in [-0.2, -0.15) is 4.31 Å². The van der Waals surface area contributed by atoms with Gasteiger partial charge in [0.25, 0.3) is 0 Å². The number of sulfonamides is 1. The van der Waals surface area contributed by atoms with Crippen molar-refractivity contribution in [2.24, 2.45) is 0 Å². The van der Waals surface area contributed by atoms with Crippen LogP contribution in [-0.4, -0.2) is 36.6 Å². The van der Waals surface area contributed by atoms with Crippen LogP contribution in [0.2, 0.25) is 0 Å². The second kappa shape index (κ2) is 11.5. The zero-order valence-corrected chi connectivity index (χ0v) is 22.6. The molecule has 0 aliphatic rings. The van der Waals surface area contributed by atoms with Gasteiger partial charge in [-0.15, -0.1) is 11.3 Å². The van der Waals surface area contributed by atoms with E-state index in [-0.39, 0.29) is 36.3 Å². The van der Waals surface area contributed by atoms with Crippen molar-refractivity contribution in [3.8, 4) is 0 Å². The minimum Gasteiger partial charge on any atom is -0.332 e. The molecule has 3 aromatic rings. The Kier molecular flexibility index (Phi) is 8.85. The number of hydrogen-bond donors (Lipinski definition) is 0. The molecule has 1 heterocycles. The maximum atomic E-state index is 13.7. The lowest BCUT2D eigenvalue weighted by Crippen LogP contribution is -2.43. The van der Waals surface area contributed by atoms with Crippen LogP contribution in [0.25, 0.3) is 0 Å². The van der Waals surface area contributed by atoms with Crippen LogP contribution < -0.4 is 0 Å². The first-order valence-electron chi connectivity index (χ1n) is 11.7. The highest BCUT2D eigenvalue weighted by Gasteiger charge is 2.30. The van der Waals surface area contributed by atoms with E-state index in [1.807, 2.05) is 44.4 Å². The number of amides is 1. The Labute approximate surface area is 212 Å². The molecule has 0 fully saturated rings. The van der Waals surface area contributed by atoms with E-state index in [0.717, 1.165) is 21.6 Å². The van der Waals surface area contributed by atoms with Gasteiger partial charge < -0.3 is 4.90 Å². The third-order valence-electron chi connectivity index (χ3n) is 5.93. The van der Waals surface area contributed by atoms with Crippen molar-refractivity contribution < 1.29 is 17.6 Å². The molecule has 0 saturated heterocycles. The molecule has 0 aliphatic heterocycles. The van der Waals surface area contributed by atoms with Crippen LogP contribution in [-0.2, 0) is 27.9 Å². The second-order valence-electron chi connectivity index (χ2n) is 8.97. The van der Waals surface area contributed by atoms with Crippen LogP contribution in [0.4, 0.5) is 4.39 Å². The van der Waals surface area contributed by atoms with Gasteiger partial charge in [-0.25, -0.2) is 12.8 Å². The van der Waals surface area contributed by atoms with Crippen molar-refractivity contribution in [2.45, 2.75) is 59.0 Å². The van der Waals surface area contributed by atoms with Crippen molar-refractivity contribution in [1.82, 2.24) is 9.21 Å². The number of benzene rings is 2. The zero-order chi connectivity index (χ0) is 25.8. The fourth-order valence-corrected chi connectivity index (χ4v) is 7.08. The molecule has 0 N–H and O–H groups in total. The molecular weight excluding hydrogens is 483 g/mol. The molecule has 0 aliphatic carbocycles. The fraction of sp³-hybridized carbons (Fsp3) is 0.370. The summed E-state index contributed by atoms with van der Waals surface area (Å²) in [5.74, 6) is -0.633. The van der Waals surface area contributed by atoms with Gasteiger partial charge in [0.2, 0.25) is 15.9 Å². The van der Waals surface area contributed by atoms with E-state index in [1.165, 1.54) is 16.4 Å². The zero-order valence-electron chi connectivity index (χ0n) is 21.0. The molecule has 3 rings (SSSR count). The molecule has 188 valence electrons. The van der Waals surface area contributed by atoms with Crippen molar-refractivity contribution in [2.75, 3.05) is 13.1 Å². The summed E-state index contributed by atoms with van der Waals surface area (Å²) in [4.78, 5) is 16.5.